The molecule has 0 radical (unpaired) electrons. The van der Waals surface area contributed by atoms with Crippen molar-refractivity contribution in [3.63, 3.8) is 0 Å². The molecular formula is C12H18N2O. The van der Waals surface area contributed by atoms with E-state index in [0.29, 0.717) is 5.92 Å². The van der Waals surface area contributed by atoms with E-state index < -0.39 is 0 Å². The third-order valence-corrected chi connectivity index (χ3v) is 3.09. The van der Waals surface area contributed by atoms with Crippen molar-refractivity contribution in [1.82, 2.24) is 4.98 Å². The Morgan fingerprint density at radius 3 is 2.73 bits per heavy atom. The highest BCUT2D eigenvalue weighted by atomic mass is 16.5. The van der Waals surface area contributed by atoms with E-state index in [4.69, 9.17) is 10.5 Å². The summed E-state index contributed by atoms with van der Waals surface area (Å²) < 4.78 is 5.33. The fourth-order valence-electron chi connectivity index (χ4n) is 2.02. The fourth-order valence-corrected chi connectivity index (χ4v) is 2.02. The summed E-state index contributed by atoms with van der Waals surface area (Å²) >= 11 is 0. The molecule has 15 heavy (non-hydrogen) atoms. The first-order valence-electron chi connectivity index (χ1n) is 5.53. The molecular weight excluding hydrogens is 188 g/mol. The molecule has 0 spiro atoms. The van der Waals surface area contributed by atoms with Crippen LogP contribution in [0, 0.1) is 12.8 Å². The maximum atomic E-state index is 6.22. The quantitative estimate of drug-likeness (QED) is 0.803. The Balaban J connectivity index is 2.05. The predicted octanol–water partition coefficient (Wildman–Crippen LogP) is 1.82. The third-order valence-electron chi connectivity index (χ3n) is 3.09. The molecule has 2 heterocycles. The largest absolute Gasteiger partial charge is 0.381 e. The maximum Gasteiger partial charge on any atom is 0.0469 e. The van der Waals surface area contributed by atoms with Crippen LogP contribution < -0.4 is 5.73 Å². The minimum absolute atomic E-state index is 0.113. The first-order valence-corrected chi connectivity index (χ1v) is 5.53. The van der Waals surface area contributed by atoms with Crippen LogP contribution in [-0.2, 0) is 4.74 Å². The molecule has 2 rings (SSSR count). The van der Waals surface area contributed by atoms with Gasteiger partial charge in [-0.2, -0.15) is 0 Å². The number of aryl methyl sites for hydroxylation is 1. The van der Waals surface area contributed by atoms with E-state index in [1.54, 1.807) is 0 Å². The van der Waals surface area contributed by atoms with Crippen LogP contribution in [0.3, 0.4) is 0 Å². The summed E-state index contributed by atoms with van der Waals surface area (Å²) in [5.41, 5.74) is 8.41. The Morgan fingerprint density at radius 1 is 1.40 bits per heavy atom. The average Bonchev–Trinajstić information content (AvgIpc) is 2.30. The van der Waals surface area contributed by atoms with Gasteiger partial charge < -0.3 is 10.5 Å². The first-order chi connectivity index (χ1) is 7.27. The normalized spacial score (nSPS) is 20.1. The van der Waals surface area contributed by atoms with Crippen molar-refractivity contribution in [2.24, 2.45) is 11.7 Å². The number of pyridine rings is 1. The van der Waals surface area contributed by atoms with Gasteiger partial charge in [0.05, 0.1) is 0 Å². The maximum absolute atomic E-state index is 6.22. The molecule has 1 aliphatic heterocycles. The standard InChI is InChI=1S/C12H18N2O/c1-9-2-3-11(8-14-9)12(13)10-4-6-15-7-5-10/h2-3,8,10,12H,4-7,13H2,1H3. The summed E-state index contributed by atoms with van der Waals surface area (Å²) in [5, 5.41) is 0. The van der Waals surface area contributed by atoms with Crippen LogP contribution in [0.2, 0.25) is 0 Å². The van der Waals surface area contributed by atoms with Crippen molar-refractivity contribution in [2.45, 2.75) is 25.8 Å². The smallest absolute Gasteiger partial charge is 0.0469 e. The van der Waals surface area contributed by atoms with Crippen LogP contribution in [0.25, 0.3) is 0 Å². The van der Waals surface area contributed by atoms with Crippen molar-refractivity contribution >= 4 is 0 Å². The molecule has 3 nitrogen and oxygen atoms in total. The topological polar surface area (TPSA) is 48.1 Å². The molecule has 1 unspecified atom stereocenters. The van der Waals surface area contributed by atoms with Crippen LogP contribution in [-0.4, -0.2) is 18.2 Å². The first kappa shape index (κ1) is 10.6. The number of nitrogens with two attached hydrogens (primary N) is 1. The van der Waals surface area contributed by atoms with Crippen molar-refractivity contribution in [2.75, 3.05) is 13.2 Å². The highest BCUT2D eigenvalue weighted by Gasteiger charge is 2.22. The van der Waals surface area contributed by atoms with Gasteiger partial charge in [0, 0.05) is 31.1 Å². The lowest BCUT2D eigenvalue weighted by atomic mass is 9.88. The van der Waals surface area contributed by atoms with Gasteiger partial charge in [-0.15, -0.1) is 0 Å². The van der Waals surface area contributed by atoms with Gasteiger partial charge in [-0.05, 0) is 37.3 Å². The molecule has 1 fully saturated rings. The number of nitrogens with zero attached hydrogens (tertiary/aromatic N) is 1. The molecule has 0 saturated carbocycles. The van der Waals surface area contributed by atoms with Gasteiger partial charge in [0.1, 0.15) is 0 Å². The Hall–Kier alpha value is -0.930. The van der Waals surface area contributed by atoms with Crippen LogP contribution >= 0.6 is 0 Å². The summed E-state index contributed by atoms with van der Waals surface area (Å²) in [6.45, 7) is 3.68. The van der Waals surface area contributed by atoms with Crippen LogP contribution in [0.5, 0.6) is 0 Å². The Kier molecular flexibility index (Phi) is 3.34. The molecule has 0 bridgehead atoms. The van der Waals surface area contributed by atoms with Gasteiger partial charge in [0.15, 0.2) is 0 Å². The Morgan fingerprint density at radius 2 is 2.13 bits per heavy atom. The summed E-state index contributed by atoms with van der Waals surface area (Å²) in [6, 6.07) is 4.22. The van der Waals surface area contributed by atoms with Gasteiger partial charge in [-0.1, -0.05) is 6.07 Å². The molecule has 2 N–H and O–H groups in total. The van der Waals surface area contributed by atoms with Gasteiger partial charge in [0.2, 0.25) is 0 Å². The van der Waals surface area contributed by atoms with E-state index in [0.717, 1.165) is 37.3 Å². The highest BCUT2D eigenvalue weighted by Crippen LogP contribution is 2.27. The number of aromatic nitrogens is 1. The summed E-state index contributed by atoms with van der Waals surface area (Å²) in [7, 11) is 0. The van der Waals surface area contributed by atoms with E-state index in [-0.39, 0.29) is 6.04 Å². The molecule has 3 heteroatoms. The van der Waals surface area contributed by atoms with Gasteiger partial charge in [0.25, 0.3) is 0 Å². The van der Waals surface area contributed by atoms with Gasteiger partial charge in [-0.3, -0.25) is 4.98 Å². The molecule has 1 saturated heterocycles. The molecule has 1 aromatic heterocycles. The van der Waals surface area contributed by atoms with Crippen LogP contribution in [0.4, 0.5) is 0 Å². The number of hydrogen-bond acceptors (Lipinski definition) is 3. The van der Waals surface area contributed by atoms with Crippen molar-refractivity contribution in [1.29, 1.82) is 0 Å². The fraction of sp³-hybridized carbons (Fsp3) is 0.583. The van der Waals surface area contributed by atoms with E-state index >= 15 is 0 Å². The van der Waals surface area contributed by atoms with E-state index in [1.807, 2.05) is 19.2 Å². The van der Waals surface area contributed by atoms with E-state index in [2.05, 4.69) is 11.1 Å². The molecule has 1 atom stereocenters. The molecule has 0 aliphatic carbocycles. The zero-order chi connectivity index (χ0) is 10.7. The third kappa shape index (κ3) is 2.55. The lowest BCUT2D eigenvalue weighted by molar-refractivity contribution is 0.0583. The number of rotatable bonds is 2. The predicted molar refractivity (Wildman–Crippen MR) is 59.4 cm³/mol. The highest BCUT2D eigenvalue weighted by molar-refractivity contribution is 5.17. The van der Waals surface area contributed by atoms with Crippen molar-refractivity contribution < 1.29 is 4.74 Å². The van der Waals surface area contributed by atoms with Crippen LogP contribution in [0.15, 0.2) is 18.3 Å². The molecule has 0 aromatic carbocycles. The summed E-state index contributed by atoms with van der Waals surface area (Å²) in [4.78, 5) is 4.28. The Labute approximate surface area is 90.7 Å². The SMILES string of the molecule is Cc1ccc(C(N)C2CCOCC2)cn1. The molecule has 82 valence electrons. The minimum Gasteiger partial charge on any atom is -0.381 e. The number of hydrogen-bond donors (Lipinski definition) is 1. The second-order valence-corrected chi connectivity index (χ2v) is 4.21. The zero-order valence-electron chi connectivity index (χ0n) is 9.15. The Bertz CT molecular complexity index is 304. The minimum atomic E-state index is 0.113. The molecule has 1 aromatic rings. The van der Waals surface area contributed by atoms with E-state index in [1.165, 1.54) is 0 Å². The van der Waals surface area contributed by atoms with Crippen LogP contribution in [0.1, 0.15) is 30.1 Å². The van der Waals surface area contributed by atoms with E-state index in [9.17, 15) is 0 Å². The zero-order valence-corrected chi connectivity index (χ0v) is 9.15. The summed E-state index contributed by atoms with van der Waals surface area (Å²) in [6.07, 6.45) is 4.03. The summed E-state index contributed by atoms with van der Waals surface area (Å²) in [5.74, 6) is 0.545. The van der Waals surface area contributed by atoms with Gasteiger partial charge in [-0.25, -0.2) is 0 Å². The van der Waals surface area contributed by atoms with Crippen molar-refractivity contribution in [3.8, 4) is 0 Å². The molecule has 1 aliphatic rings. The monoisotopic (exact) mass is 206 g/mol. The second-order valence-electron chi connectivity index (χ2n) is 4.21. The second kappa shape index (κ2) is 4.73. The lowest BCUT2D eigenvalue weighted by Gasteiger charge is -2.27. The average molecular weight is 206 g/mol. The lowest BCUT2D eigenvalue weighted by Crippen LogP contribution is -2.27. The van der Waals surface area contributed by atoms with Gasteiger partial charge >= 0.3 is 0 Å². The van der Waals surface area contributed by atoms with Crippen molar-refractivity contribution in [3.05, 3.63) is 29.6 Å². The molecule has 0 amide bonds. The number of ether oxygens (including phenoxy) is 1.